The number of hydrogen-bond donors (Lipinski definition) is 2. The Morgan fingerprint density at radius 3 is 2.17 bits per heavy atom. The lowest BCUT2D eigenvalue weighted by atomic mass is 10.0. The van der Waals surface area contributed by atoms with Gasteiger partial charge in [0, 0.05) is 25.4 Å². The molecule has 1 unspecified atom stereocenters. The van der Waals surface area contributed by atoms with E-state index in [1.807, 2.05) is 14.1 Å². The van der Waals surface area contributed by atoms with Crippen LogP contribution in [0.1, 0.15) is 39.5 Å². The van der Waals surface area contributed by atoms with E-state index in [0.717, 1.165) is 6.54 Å². The summed E-state index contributed by atoms with van der Waals surface area (Å²) in [5, 5.41) is 11.5. The Balaban J connectivity index is 3.91. The predicted molar refractivity (Wildman–Crippen MR) is 71.4 cm³/mol. The van der Waals surface area contributed by atoms with Crippen molar-refractivity contribution in [2.24, 2.45) is 5.92 Å². The van der Waals surface area contributed by atoms with E-state index >= 15 is 0 Å². The van der Waals surface area contributed by atoms with E-state index < -0.39 is 5.97 Å². The summed E-state index contributed by atoms with van der Waals surface area (Å²) in [6, 6.07) is 0.145. The molecule has 0 aromatic heterocycles. The van der Waals surface area contributed by atoms with Gasteiger partial charge in [-0.1, -0.05) is 13.8 Å². The number of carbonyl (C=O) groups is 2. The topological polar surface area (TPSA) is 69.6 Å². The van der Waals surface area contributed by atoms with Crippen LogP contribution in [0.25, 0.3) is 0 Å². The maximum atomic E-state index is 11.7. The van der Waals surface area contributed by atoms with E-state index in [2.05, 4.69) is 24.1 Å². The Hall–Kier alpha value is -1.10. The van der Waals surface area contributed by atoms with E-state index in [4.69, 9.17) is 5.11 Å². The number of carboxylic acid groups (broad SMARTS) is 1. The Kier molecular flexibility index (Phi) is 8.37. The van der Waals surface area contributed by atoms with Crippen molar-refractivity contribution >= 4 is 11.9 Å². The number of aliphatic carboxylic acids is 1. The van der Waals surface area contributed by atoms with Gasteiger partial charge in [0.1, 0.15) is 0 Å². The summed E-state index contributed by atoms with van der Waals surface area (Å²) in [5.74, 6) is -0.403. The zero-order valence-corrected chi connectivity index (χ0v) is 11.9. The highest BCUT2D eigenvalue weighted by Crippen LogP contribution is 2.05. The Morgan fingerprint density at radius 2 is 1.72 bits per heavy atom. The molecule has 0 fully saturated rings. The molecule has 0 spiro atoms. The van der Waals surface area contributed by atoms with Crippen LogP contribution in [0.5, 0.6) is 0 Å². The Labute approximate surface area is 110 Å². The predicted octanol–water partition coefficient (Wildman–Crippen LogP) is 1.33. The number of likely N-dealkylation sites (N-methyl/N-ethyl adjacent to an activating group) is 1. The first-order chi connectivity index (χ1) is 8.32. The molecule has 0 saturated carbocycles. The third-order valence-electron chi connectivity index (χ3n) is 2.76. The number of hydrogen-bond acceptors (Lipinski definition) is 3. The average molecular weight is 258 g/mol. The molecule has 0 aliphatic carbocycles. The summed E-state index contributed by atoms with van der Waals surface area (Å²) in [6.07, 6.45) is 1.73. The second-order valence-corrected chi connectivity index (χ2v) is 5.28. The van der Waals surface area contributed by atoms with Gasteiger partial charge in [-0.05, 0) is 32.9 Å². The van der Waals surface area contributed by atoms with Gasteiger partial charge in [0.2, 0.25) is 5.91 Å². The SMILES string of the molecule is CC(C)C(CN(C)C)NC(=O)CCCCC(=O)O. The first-order valence-corrected chi connectivity index (χ1v) is 6.48. The number of nitrogens with one attached hydrogen (secondary N) is 1. The summed E-state index contributed by atoms with van der Waals surface area (Å²) < 4.78 is 0. The normalized spacial score (nSPS) is 12.8. The van der Waals surface area contributed by atoms with Gasteiger partial charge in [-0.3, -0.25) is 9.59 Å². The molecule has 5 nitrogen and oxygen atoms in total. The molecular formula is C13H26N2O3. The van der Waals surface area contributed by atoms with Crippen LogP contribution in [-0.2, 0) is 9.59 Å². The average Bonchev–Trinajstić information content (AvgIpc) is 2.22. The minimum Gasteiger partial charge on any atom is -0.481 e. The van der Waals surface area contributed by atoms with Crippen LogP contribution in [0.2, 0.25) is 0 Å². The van der Waals surface area contributed by atoms with Crippen molar-refractivity contribution in [3.8, 4) is 0 Å². The van der Waals surface area contributed by atoms with Crippen LogP contribution in [0, 0.1) is 5.92 Å². The molecule has 0 saturated heterocycles. The second kappa shape index (κ2) is 8.91. The smallest absolute Gasteiger partial charge is 0.303 e. The van der Waals surface area contributed by atoms with E-state index in [-0.39, 0.29) is 18.4 Å². The number of nitrogens with zero attached hydrogens (tertiary/aromatic N) is 1. The molecule has 106 valence electrons. The maximum Gasteiger partial charge on any atom is 0.303 e. The van der Waals surface area contributed by atoms with Gasteiger partial charge < -0.3 is 15.3 Å². The van der Waals surface area contributed by atoms with Crippen LogP contribution < -0.4 is 5.32 Å². The van der Waals surface area contributed by atoms with Crippen LogP contribution in [-0.4, -0.2) is 48.6 Å². The van der Waals surface area contributed by atoms with Crippen molar-refractivity contribution in [2.45, 2.75) is 45.6 Å². The minimum atomic E-state index is -0.803. The molecule has 0 radical (unpaired) electrons. The summed E-state index contributed by atoms with van der Waals surface area (Å²) in [5.41, 5.74) is 0. The highest BCUT2D eigenvalue weighted by Gasteiger charge is 2.16. The summed E-state index contributed by atoms with van der Waals surface area (Å²) >= 11 is 0. The number of carbonyl (C=O) groups excluding carboxylic acids is 1. The minimum absolute atomic E-state index is 0.0148. The van der Waals surface area contributed by atoms with Crippen molar-refractivity contribution < 1.29 is 14.7 Å². The van der Waals surface area contributed by atoms with Crippen molar-refractivity contribution in [1.82, 2.24) is 10.2 Å². The molecule has 5 heteroatoms. The monoisotopic (exact) mass is 258 g/mol. The second-order valence-electron chi connectivity index (χ2n) is 5.28. The van der Waals surface area contributed by atoms with E-state index in [0.29, 0.717) is 25.2 Å². The third kappa shape index (κ3) is 8.98. The van der Waals surface area contributed by atoms with Crippen LogP contribution in [0.15, 0.2) is 0 Å². The molecule has 0 rings (SSSR count). The van der Waals surface area contributed by atoms with Gasteiger partial charge in [0.05, 0.1) is 0 Å². The first kappa shape index (κ1) is 16.9. The lowest BCUT2D eigenvalue weighted by Gasteiger charge is -2.25. The fourth-order valence-corrected chi connectivity index (χ4v) is 1.66. The molecule has 0 bridgehead atoms. The van der Waals surface area contributed by atoms with Gasteiger partial charge >= 0.3 is 5.97 Å². The van der Waals surface area contributed by atoms with E-state index in [9.17, 15) is 9.59 Å². The van der Waals surface area contributed by atoms with Gasteiger partial charge in [-0.15, -0.1) is 0 Å². The van der Waals surface area contributed by atoms with E-state index in [1.165, 1.54) is 0 Å². The van der Waals surface area contributed by atoms with Crippen molar-refractivity contribution in [3.63, 3.8) is 0 Å². The quantitative estimate of drug-likeness (QED) is 0.612. The van der Waals surface area contributed by atoms with Gasteiger partial charge in [-0.2, -0.15) is 0 Å². The maximum absolute atomic E-state index is 11.7. The number of unbranched alkanes of at least 4 members (excludes halogenated alkanes) is 1. The molecule has 0 aromatic carbocycles. The van der Waals surface area contributed by atoms with Crippen LogP contribution in [0.3, 0.4) is 0 Å². The molecule has 1 amide bonds. The summed E-state index contributed by atoms with van der Waals surface area (Å²) in [4.78, 5) is 24.1. The van der Waals surface area contributed by atoms with Crippen molar-refractivity contribution in [2.75, 3.05) is 20.6 Å². The number of carboxylic acids is 1. The fraction of sp³-hybridized carbons (Fsp3) is 0.846. The molecule has 0 heterocycles. The Morgan fingerprint density at radius 1 is 1.17 bits per heavy atom. The largest absolute Gasteiger partial charge is 0.481 e. The molecule has 0 aliphatic heterocycles. The highest BCUT2D eigenvalue weighted by atomic mass is 16.4. The molecule has 2 N–H and O–H groups in total. The lowest BCUT2D eigenvalue weighted by molar-refractivity contribution is -0.137. The Bertz CT molecular complexity index is 265. The molecule has 0 aliphatic rings. The molecular weight excluding hydrogens is 232 g/mol. The van der Waals surface area contributed by atoms with Crippen LogP contribution >= 0.6 is 0 Å². The zero-order chi connectivity index (χ0) is 14.1. The number of amides is 1. The molecule has 0 aromatic rings. The molecule has 18 heavy (non-hydrogen) atoms. The van der Waals surface area contributed by atoms with Crippen LogP contribution in [0.4, 0.5) is 0 Å². The molecule has 1 atom stereocenters. The fourth-order valence-electron chi connectivity index (χ4n) is 1.66. The van der Waals surface area contributed by atoms with Crippen molar-refractivity contribution in [3.05, 3.63) is 0 Å². The van der Waals surface area contributed by atoms with Gasteiger partial charge in [-0.25, -0.2) is 0 Å². The lowest BCUT2D eigenvalue weighted by Crippen LogP contribution is -2.44. The van der Waals surface area contributed by atoms with Gasteiger partial charge in [0.15, 0.2) is 0 Å². The summed E-state index contributed by atoms with van der Waals surface area (Å²) in [6.45, 7) is 4.98. The standard InChI is InChI=1S/C13H26N2O3/c1-10(2)11(9-15(3)4)14-12(16)7-5-6-8-13(17)18/h10-11H,5-9H2,1-4H3,(H,14,16)(H,17,18). The zero-order valence-electron chi connectivity index (χ0n) is 11.9. The third-order valence-corrected chi connectivity index (χ3v) is 2.76. The van der Waals surface area contributed by atoms with E-state index in [1.54, 1.807) is 0 Å². The van der Waals surface area contributed by atoms with Crippen molar-refractivity contribution in [1.29, 1.82) is 0 Å². The highest BCUT2D eigenvalue weighted by molar-refractivity contribution is 5.76. The van der Waals surface area contributed by atoms with Gasteiger partial charge in [0.25, 0.3) is 0 Å². The summed E-state index contributed by atoms with van der Waals surface area (Å²) in [7, 11) is 3.96. The first-order valence-electron chi connectivity index (χ1n) is 6.48. The number of rotatable bonds is 9.